The summed E-state index contributed by atoms with van der Waals surface area (Å²) in [5, 5.41) is 2.96. The lowest BCUT2D eigenvalue weighted by Crippen LogP contribution is -2.43. The Labute approximate surface area is 193 Å². The highest BCUT2D eigenvalue weighted by Gasteiger charge is 2.30. The fourth-order valence-corrected chi connectivity index (χ4v) is 4.59. The van der Waals surface area contributed by atoms with Gasteiger partial charge in [-0.05, 0) is 49.6 Å². The number of hydrogen-bond donors (Lipinski definition) is 1. The molecule has 0 unspecified atom stereocenters. The average Bonchev–Trinajstić information content (AvgIpc) is 2.79. The number of nitrogens with zero attached hydrogens (tertiary/aromatic N) is 1. The summed E-state index contributed by atoms with van der Waals surface area (Å²) in [5.74, 6) is -0.315. The van der Waals surface area contributed by atoms with Gasteiger partial charge in [0.05, 0.1) is 10.6 Å². The Kier molecular flexibility index (Phi) is 6.76. The molecule has 0 radical (unpaired) electrons. The van der Waals surface area contributed by atoms with Gasteiger partial charge in [0.15, 0.2) is 0 Å². The van der Waals surface area contributed by atoms with Gasteiger partial charge in [-0.1, -0.05) is 83.6 Å². The fraction of sp³-hybridized carbons (Fsp3) is 0.185. The third kappa shape index (κ3) is 5.29. The molecule has 3 aromatic rings. The first-order valence-corrected chi connectivity index (χ1v) is 11.5. The number of carbonyl (C=O) groups is 2. The first kappa shape index (κ1) is 21.9. The highest BCUT2D eigenvalue weighted by atomic mass is 32.2. The van der Waals surface area contributed by atoms with E-state index in [2.05, 4.69) is 36.5 Å². The predicted octanol–water partition coefficient (Wildman–Crippen LogP) is 5.14. The summed E-state index contributed by atoms with van der Waals surface area (Å²) in [5.41, 5.74) is 5.30. The van der Waals surface area contributed by atoms with Crippen LogP contribution in [0.3, 0.4) is 0 Å². The van der Waals surface area contributed by atoms with E-state index in [-0.39, 0.29) is 18.4 Å². The Morgan fingerprint density at radius 1 is 0.938 bits per heavy atom. The molecule has 4 nitrogen and oxygen atoms in total. The molecule has 2 amide bonds. The number of fused-ring (bicyclic) bond motifs is 1. The number of benzene rings is 3. The minimum Gasteiger partial charge on any atom is -0.354 e. The van der Waals surface area contributed by atoms with Gasteiger partial charge in [0.2, 0.25) is 5.91 Å². The van der Waals surface area contributed by atoms with Crippen molar-refractivity contribution in [3.63, 3.8) is 0 Å². The number of aryl methyl sites for hydroxylation is 2. The minimum absolute atomic E-state index is 0.00442. The highest BCUT2D eigenvalue weighted by molar-refractivity contribution is 8.04. The lowest BCUT2D eigenvalue weighted by atomic mass is 10.1. The Morgan fingerprint density at radius 3 is 2.31 bits per heavy atom. The molecule has 0 bridgehead atoms. The van der Waals surface area contributed by atoms with Gasteiger partial charge in [-0.25, -0.2) is 0 Å². The molecule has 32 heavy (non-hydrogen) atoms. The van der Waals surface area contributed by atoms with Gasteiger partial charge in [-0.2, -0.15) is 0 Å². The number of rotatable bonds is 6. The standard InChI is InChI=1S/C27H26N2O2S/c1-19-7-11-21(12-8-19)15-16-28-26(30)18-29-23-5-3-4-6-24(23)32-25(27(29)31)17-22-13-9-20(2)10-14-22/h3-14,17H,15-16,18H2,1-2H3,(H,28,30). The Bertz CT molecular complexity index is 1150. The van der Waals surface area contributed by atoms with E-state index in [1.807, 2.05) is 61.5 Å². The molecule has 1 N–H and O–H groups in total. The first-order chi connectivity index (χ1) is 15.5. The summed E-state index contributed by atoms with van der Waals surface area (Å²) >= 11 is 1.45. The molecule has 0 spiro atoms. The molecule has 1 aliphatic heterocycles. The summed E-state index contributed by atoms with van der Waals surface area (Å²) < 4.78 is 0. The fourth-order valence-electron chi connectivity index (χ4n) is 3.53. The van der Waals surface area contributed by atoms with Crippen LogP contribution in [-0.2, 0) is 16.0 Å². The van der Waals surface area contributed by atoms with Gasteiger partial charge in [-0.15, -0.1) is 0 Å². The van der Waals surface area contributed by atoms with Gasteiger partial charge in [0.1, 0.15) is 6.54 Å². The van der Waals surface area contributed by atoms with Crippen molar-refractivity contribution in [2.75, 3.05) is 18.0 Å². The van der Waals surface area contributed by atoms with Gasteiger partial charge >= 0.3 is 0 Å². The molecule has 1 heterocycles. The molecule has 5 heteroatoms. The summed E-state index contributed by atoms with van der Waals surface area (Å²) in [4.78, 5) is 29.1. The summed E-state index contributed by atoms with van der Waals surface area (Å²) in [6, 6.07) is 24.1. The molecule has 0 atom stereocenters. The van der Waals surface area contributed by atoms with Crippen molar-refractivity contribution in [1.82, 2.24) is 5.32 Å². The Balaban J connectivity index is 1.47. The maximum Gasteiger partial charge on any atom is 0.265 e. The predicted molar refractivity (Wildman–Crippen MR) is 132 cm³/mol. The summed E-state index contributed by atoms with van der Waals surface area (Å²) in [6.07, 6.45) is 2.65. The van der Waals surface area contributed by atoms with Crippen LogP contribution in [0.4, 0.5) is 5.69 Å². The van der Waals surface area contributed by atoms with Crippen molar-refractivity contribution in [3.05, 3.63) is 100.0 Å². The van der Waals surface area contributed by atoms with Crippen molar-refractivity contribution in [1.29, 1.82) is 0 Å². The number of anilines is 1. The zero-order valence-corrected chi connectivity index (χ0v) is 19.1. The lowest BCUT2D eigenvalue weighted by molar-refractivity contribution is -0.122. The highest BCUT2D eigenvalue weighted by Crippen LogP contribution is 2.41. The van der Waals surface area contributed by atoms with Crippen LogP contribution in [0.2, 0.25) is 0 Å². The SMILES string of the molecule is Cc1ccc(C=C2Sc3ccccc3N(CC(=O)NCCc3ccc(C)cc3)C2=O)cc1. The summed E-state index contributed by atoms with van der Waals surface area (Å²) in [6.45, 7) is 4.62. The van der Waals surface area contributed by atoms with E-state index >= 15 is 0 Å². The van der Waals surface area contributed by atoms with Crippen LogP contribution in [0.5, 0.6) is 0 Å². The lowest BCUT2D eigenvalue weighted by Gasteiger charge is -2.29. The average molecular weight is 443 g/mol. The van der Waals surface area contributed by atoms with Crippen LogP contribution in [0, 0.1) is 13.8 Å². The number of amides is 2. The largest absolute Gasteiger partial charge is 0.354 e. The molecule has 0 aromatic heterocycles. The number of hydrogen-bond acceptors (Lipinski definition) is 3. The van der Waals surface area contributed by atoms with Crippen LogP contribution in [0.25, 0.3) is 6.08 Å². The first-order valence-electron chi connectivity index (χ1n) is 10.7. The third-order valence-corrected chi connectivity index (χ3v) is 6.44. The number of para-hydroxylation sites is 1. The van der Waals surface area contributed by atoms with Crippen LogP contribution in [0.15, 0.2) is 82.6 Å². The minimum atomic E-state index is -0.165. The zero-order valence-electron chi connectivity index (χ0n) is 18.3. The van der Waals surface area contributed by atoms with Crippen LogP contribution < -0.4 is 10.2 Å². The number of thioether (sulfide) groups is 1. The third-order valence-electron chi connectivity index (χ3n) is 5.37. The Hall–Kier alpha value is -3.31. The number of nitrogens with one attached hydrogen (secondary N) is 1. The second-order valence-corrected chi connectivity index (χ2v) is 9.05. The van der Waals surface area contributed by atoms with Crippen molar-refractivity contribution in [2.24, 2.45) is 0 Å². The van der Waals surface area contributed by atoms with Crippen molar-refractivity contribution < 1.29 is 9.59 Å². The van der Waals surface area contributed by atoms with Gasteiger partial charge in [0, 0.05) is 11.4 Å². The molecule has 0 saturated heterocycles. The second-order valence-electron chi connectivity index (χ2n) is 7.97. The molecule has 0 saturated carbocycles. The zero-order chi connectivity index (χ0) is 22.5. The van der Waals surface area contributed by atoms with Crippen LogP contribution in [-0.4, -0.2) is 24.9 Å². The second kappa shape index (κ2) is 9.88. The van der Waals surface area contributed by atoms with Gasteiger partial charge in [-0.3, -0.25) is 14.5 Å². The molecule has 0 fully saturated rings. The topological polar surface area (TPSA) is 49.4 Å². The maximum atomic E-state index is 13.3. The molecule has 1 aliphatic rings. The van der Waals surface area contributed by atoms with Gasteiger partial charge < -0.3 is 5.32 Å². The van der Waals surface area contributed by atoms with E-state index in [0.717, 1.165) is 22.6 Å². The van der Waals surface area contributed by atoms with E-state index in [1.54, 1.807) is 4.90 Å². The summed E-state index contributed by atoms with van der Waals surface area (Å²) in [7, 11) is 0. The smallest absolute Gasteiger partial charge is 0.265 e. The van der Waals surface area contributed by atoms with Crippen LogP contribution >= 0.6 is 11.8 Å². The van der Waals surface area contributed by atoms with Crippen LogP contribution in [0.1, 0.15) is 22.3 Å². The molecule has 4 rings (SSSR count). The number of carbonyl (C=O) groups excluding carboxylic acids is 2. The monoisotopic (exact) mass is 442 g/mol. The van der Waals surface area contributed by atoms with E-state index < -0.39 is 0 Å². The van der Waals surface area contributed by atoms with E-state index in [0.29, 0.717) is 11.4 Å². The molecule has 3 aromatic carbocycles. The normalized spacial score (nSPS) is 14.4. The Morgan fingerprint density at radius 2 is 1.59 bits per heavy atom. The van der Waals surface area contributed by atoms with E-state index in [9.17, 15) is 9.59 Å². The molecular weight excluding hydrogens is 416 g/mol. The molecule has 0 aliphatic carbocycles. The van der Waals surface area contributed by atoms with Crippen molar-refractivity contribution in [3.8, 4) is 0 Å². The molecular formula is C27H26N2O2S. The quantitative estimate of drug-likeness (QED) is 0.538. The van der Waals surface area contributed by atoms with Crippen molar-refractivity contribution >= 4 is 35.3 Å². The van der Waals surface area contributed by atoms with Gasteiger partial charge in [0.25, 0.3) is 5.91 Å². The van der Waals surface area contributed by atoms with E-state index in [4.69, 9.17) is 0 Å². The van der Waals surface area contributed by atoms with E-state index in [1.165, 1.54) is 28.5 Å². The maximum absolute atomic E-state index is 13.3. The molecule has 162 valence electrons. The van der Waals surface area contributed by atoms with Crippen molar-refractivity contribution in [2.45, 2.75) is 25.2 Å².